The van der Waals surface area contributed by atoms with Crippen molar-refractivity contribution in [3.8, 4) is 0 Å². The number of halogens is 4. The molecule has 0 amide bonds. The first kappa shape index (κ1) is 16.5. The van der Waals surface area contributed by atoms with Gasteiger partial charge in [-0.1, -0.05) is 95.8 Å². The Hall–Kier alpha value is 0.170. The molecule has 0 spiro atoms. The molecule has 0 atom stereocenters. The second-order valence-electron chi connectivity index (χ2n) is 4.83. The minimum absolute atomic E-state index is 0.00126. The van der Waals surface area contributed by atoms with Gasteiger partial charge in [-0.25, -0.2) is 0 Å². The quantitative estimate of drug-likeness (QED) is 0.435. The van der Waals surface area contributed by atoms with E-state index in [1.807, 2.05) is 18.2 Å². The minimum atomic E-state index is -0.00126. The zero-order valence-electron chi connectivity index (χ0n) is 10.8. The van der Waals surface area contributed by atoms with Gasteiger partial charge in [0.2, 0.25) is 0 Å². The summed E-state index contributed by atoms with van der Waals surface area (Å²) in [6, 6.07) is 16.6. The van der Waals surface area contributed by atoms with Crippen LogP contribution in [0.4, 0.5) is 0 Å². The van der Waals surface area contributed by atoms with Gasteiger partial charge < -0.3 is 0 Å². The molecular weight excluding hydrogens is 467 g/mol. The van der Waals surface area contributed by atoms with E-state index in [-0.39, 0.29) is 5.41 Å². The van der Waals surface area contributed by atoms with Crippen molar-refractivity contribution in [1.29, 1.82) is 0 Å². The van der Waals surface area contributed by atoms with E-state index in [1.54, 1.807) is 0 Å². The van der Waals surface area contributed by atoms with Crippen LogP contribution in [0.5, 0.6) is 0 Å². The zero-order valence-corrected chi connectivity index (χ0v) is 16.3. The Morgan fingerprint density at radius 3 is 2.15 bits per heavy atom. The van der Waals surface area contributed by atoms with Gasteiger partial charge in [0.25, 0.3) is 0 Å². The van der Waals surface area contributed by atoms with E-state index >= 15 is 0 Å². The van der Waals surface area contributed by atoms with Crippen LogP contribution >= 0.6 is 59.4 Å². The molecule has 4 heteroatoms. The molecule has 0 aliphatic heterocycles. The Bertz CT molecular complexity index is 565. The highest BCUT2D eigenvalue weighted by Crippen LogP contribution is 2.35. The van der Waals surface area contributed by atoms with Crippen LogP contribution in [0.25, 0.3) is 0 Å². The summed E-state index contributed by atoms with van der Waals surface area (Å²) < 4.78 is 1.01. The van der Waals surface area contributed by atoms with Crippen molar-refractivity contribution in [2.75, 3.05) is 10.7 Å². The Morgan fingerprint density at radius 1 is 0.950 bits per heavy atom. The van der Waals surface area contributed by atoms with Gasteiger partial charge in [0.1, 0.15) is 0 Å². The van der Waals surface area contributed by atoms with E-state index in [4.69, 9.17) is 11.6 Å². The monoisotopic (exact) mass is 478 g/mol. The largest absolute Gasteiger partial charge is 0.0918 e. The van der Waals surface area contributed by atoms with Crippen LogP contribution in [0.3, 0.4) is 0 Å². The lowest BCUT2D eigenvalue weighted by atomic mass is 9.79. The first-order valence-corrected chi connectivity index (χ1v) is 9.64. The van der Waals surface area contributed by atoms with Crippen molar-refractivity contribution < 1.29 is 0 Å². The first-order valence-electron chi connectivity index (χ1n) is 6.23. The van der Waals surface area contributed by atoms with Gasteiger partial charge in [-0.2, -0.15) is 0 Å². The summed E-state index contributed by atoms with van der Waals surface area (Å²) in [5, 5.41) is 2.56. The molecule has 20 heavy (non-hydrogen) atoms. The number of hydrogen-bond donors (Lipinski definition) is 0. The fourth-order valence-corrected chi connectivity index (χ4v) is 4.92. The molecule has 0 bridgehead atoms. The molecule has 0 heterocycles. The van der Waals surface area contributed by atoms with Gasteiger partial charge in [-0.3, -0.25) is 0 Å². The fourth-order valence-electron chi connectivity index (χ4n) is 2.21. The van der Waals surface area contributed by atoms with E-state index in [2.05, 4.69) is 78.1 Å². The highest BCUT2D eigenvalue weighted by molar-refractivity contribution is 9.10. The van der Waals surface area contributed by atoms with Gasteiger partial charge in [-0.05, 0) is 29.7 Å². The molecule has 0 aliphatic carbocycles. The summed E-state index contributed by atoms with van der Waals surface area (Å²) in [4.78, 5) is 0. The van der Waals surface area contributed by atoms with Crippen molar-refractivity contribution in [2.24, 2.45) is 0 Å². The summed E-state index contributed by atoms with van der Waals surface area (Å²) in [7, 11) is 0. The number of alkyl halides is 2. The molecule has 2 rings (SSSR count). The maximum absolute atomic E-state index is 6.38. The van der Waals surface area contributed by atoms with E-state index in [0.29, 0.717) is 0 Å². The van der Waals surface area contributed by atoms with E-state index in [1.165, 1.54) is 5.56 Å². The van der Waals surface area contributed by atoms with Crippen molar-refractivity contribution in [1.82, 2.24) is 0 Å². The molecule has 0 aliphatic rings. The van der Waals surface area contributed by atoms with Crippen molar-refractivity contribution >= 4 is 59.4 Å². The molecule has 0 fully saturated rings. The molecule has 0 radical (unpaired) electrons. The normalized spacial score (nSPS) is 11.6. The van der Waals surface area contributed by atoms with Gasteiger partial charge in [0.05, 0.1) is 0 Å². The zero-order chi connectivity index (χ0) is 14.6. The molecule has 2 aromatic carbocycles. The van der Waals surface area contributed by atoms with E-state index < -0.39 is 0 Å². The summed E-state index contributed by atoms with van der Waals surface area (Å²) >= 11 is 17.2. The van der Waals surface area contributed by atoms with E-state index in [9.17, 15) is 0 Å². The van der Waals surface area contributed by atoms with Crippen LogP contribution in [0.15, 0.2) is 53.0 Å². The predicted octanol–water partition coefficient (Wildman–Crippen LogP) is 6.37. The summed E-state index contributed by atoms with van der Waals surface area (Å²) in [5.74, 6) is 0. The lowest BCUT2D eigenvalue weighted by Gasteiger charge is -2.31. The summed E-state index contributed by atoms with van der Waals surface area (Å²) in [6.45, 7) is 0. The molecule has 0 unspecified atom stereocenters. The Labute approximate surface area is 150 Å². The predicted molar refractivity (Wildman–Crippen MR) is 98.6 cm³/mol. The molecule has 0 saturated heterocycles. The SMILES string of the molecule is Clc1cc(Br)ccc1CC(CBr)(CBr)c1ccccc1. The second kappa shape index (κ2) is 7.44. The lowest BCUT2D eigenvalue weighted by Crippen LogP contribution is -2.33. The molecule has 0 nitrogen and oxygen atoms in total. The number of rotatable bonds is 5. The minimum Gasteiger partial charge on any atom is -0.0918 e. The molecule has 106 valence electrons. The molecule has 2 aromatic rings. The lowest BCUT2D eigenvalue weighted by molar-refractivity contribution is 0.551. The average Bonchev–Trinajstić information content (AvgIpc) is 2.48. The first-order chi connectivity index (χ1) is 9.61. The van der Waals surface area contributed by atoms with Gasteiger partial charge in [-0.15, -0.1) is 0 Å². The Balaban J connectivity index is 2.39. The standard InChI is InChI=1S/C16H14Br3Cl/c17-10-16(11-18,13-4-2-1-3-5-13)9-12-6-7-14(19)8-15(12)20/h1-8H,9-11H2. The highest BCUT2D eigenvalue weighted by atomic mass is 79.9. The third kappa shape index (κ3) is 3.68. The van der Waals surface area contributed by atoms with Crippen LogP contribution in [0.2, 0.25) is 5.02 Å². The van der Waals surface area contributed by atoms with Crippen molar-refractivity contribution in [3.63, 3.8) is 0 Å². The maximum Gasteiger partial charge on any atom is 0.0449 e. The number of benzene rings is 2. The molecule has 0 saturated carbocycles. The van der Waals surface area contributed by atoms with Crippen LogP contribution in [-0.4, -0.2) is 10.7 Å². The molecular formula is C16H14Br3Cl. The summed E-state index contributed by atoms with van der Waals surface area (Å²) in [5.41, 5.74) is 2.48. The average molecular weight is 481 g/mol. The fraction of sp³-hybridized carbons (Fsp3) is 0.250. The van der Waals surface area contributed by atoms with Crippen LogP contribution in [0, 0.1) is 0 Å². The third-order valence-electron chi connectivity index (χ3n) is 3.44. The second-order valence-corrected chi connectivity index (χ2v) is 7.27. The van der Waals surface area contributed by atoms with Gasteiger partial charge in [0, 0.05) is 25.6 Å². The smallest absolute Gasteiger partial charge is 0.0449 e. The topological polar surface area (TPSA) is 0 Å². The van der Waals surface area contributed by atoms with Crippen molar-refractivity contribution in [3.05, 3.63) is 69.2 Å². The molecule has 0 aromatic heterocycles. The van der Waals surface area contributed by atoms with Gasteiger partial charge >= 0.3 is 0 Å². The Kier molecular flexibility index (Phi) is 6.15. The van der Waals surface area contributed by atoms with Crippen LogP contribution in [-0.2, 0) is 11.8 Å². The maximum atomic E-state index is 6.38. The Morgan fingerprint density at radius 2 is 1.60 bits per heavy atom. The third-order valence-corrected chi connectivity index (χ3v) is 6.43. The van der Waals surface area contributed by atoms with Crippen LogP contribution in [0.1, 0.15) is 11.1 Å². The molecule has 0 N–H and O–H groups in total. The highest BCUT2D eigenvalue weighted by Gasteiger charge is 2.31. The van der Waals surface area contributed by atoms with Crippen molar-refractivity contribution in [2.45, 2.75) is 11.8 Å². The number of hydrogen-bond acceptors (Lipinski definition) is 0. The van der Waals surface area contributed by atoms with Gasteiger partial charge in [0.15, 0.2) is 0 Å². The van der Waals surface area contributed by atoms with E-state index in [0.717, 1.165) is 32.1 Å². The summed E-state index contributed by atoms with van der Waals surface area (Å²) in [6.07, 6.45) is 0.889. The van der Waals surface area contributed by atoms with Crippen LogP contribution < -0.4 is 0 Å².